The maximum Gasteiger partial charge on any atom is 0.409 e. The zero-order valence-corrected chi connectivity index (χ0v) is 13.9. The first-order valence-corrected chi connectivity index (χ1v) is 8.70. The fourth-order valence-electron chi connectivity index (χ4n) is 2.16. The summed E-state index contributed by atoms with van der Waals surface area (Å²) in [5.41, 5.74) is 1.05. The van der Waals surface area contributed by atoms with E-state index >= 15 is 0 Å². The van der Waals surface area contributed by atoms with Gasteiger partial charge in [-0.05, 0) is 23.1 Å². The molecule has 0 bridgehead atoms. The molecule has 1 aromatic carbocycles. The normalized spacial score (nSPS) is 16.0. The summed E-state index contributed by atoms with van der Waals surface area (Å²) >= 11 is 0. The van der Waals surface area contributed by atoms with Crippen LogP contribution in [0.1, 0.15) is 26.3 Å². The van der Waals surface area contributed by atoms with Crippen LogP contribution >= 0.6 is 0 Å². The van der Waals surface area contributed by atoms with Gasteiger partial charge in [-0.2, -0.15) is 0 Å². The number of benzene rings is 1. The number of nitrogens with one attached hydrogen (secondary N) is 1. The van der Waals surface area contributed by atoms with Gasteiger partial charge >= 0.3 is 6.09 Å². The van der Waals surface area contributed by atoms with Crippen LogP contribution in [0.5, 0.6) is 0 Å². The van der Waals surface area contributed by atoms with E-state index in [2.05, 4.69) is 25.5 Å². The van der Waals surface area contributed by atoms with Crippen molar-refractivity contribution < 1.29 is 17.9 Å². The molecule has 22 heavy (non-hydrogen) atoms. The summed E-state index contributed by atoms with van der Waals surface area (Å²) in [4.78, 5) is 13.0. The minimum atomic E-state index is -3.56. The smallest absolute Gasteiger partial charge is 0.409 e. The highest BCUT2D eigenvalue weighted by atomic mass is 32.2. The SMILES string of the molecule is CC(C)(C)c1ccc(S(=O)(=O)NCCN2CCOC2=O)cc1. The molecule has 0 spiro atoms. The molecule has 6 nitrogen and oxygen atoms in total. The highest BCUT2D eigenvalue weighted by molar-refractivity contribution is 7.89. The summed E-state index contributed by atoms with van der Waals surface area (Å²) < 4.78 is 31.7. The number of carbonyl (C=O) groups is 1. The Kier molecular flexibility index (Phi) is 4.77. The van der Waals surface area contributed by atoms with Gasteiger partial charge in [-0.1, -0.05) is 32.9 Å². The molecule has 1 heterocycles. The average molecular weight is 326 g/mol. The van der Waals surface area contributed by atoms with Crippen LogP contribution in [0.4, 0.5) is 4.79 Å². The number of rotatable bonds is 5. The summed E-state index contributed by atoms with van der Waals surface area (Å²) in [6, 6.07) is 6.86. The van der Waals surface area contributed by atoms with Crippen LogP contribution < -0.4 is 4.72 Å². The van der Waals surface area contributed by atoms with Gasteiger partial charge in [0.15, 0.2) is 0 Å². The fraction of sp³-hybridized carbons (Fsp3) is 0.533. The molecule has 0 radical (unpaired) electrons. The Balaban J connectivity index is 1.96. The second kappa shape index (κ2) is 6.26. The van der Waals surface area contributed by atoms with Crippen LogP contribution in [0.3, 0.4) is 0 Å². The van der Waals surface area contributed by atoms with Crippen LogP contribution in [0, 0.1) is 0 Å². The molecule has 122 valence electrons. The third kappa shape index (κ3) is 3.98. The van der Waals surface area contributed by atoms with Crippen molar-refractivity contribution in [3.63, 3.8) is 0 Å². The molecule has 1 fully saturated rings. The maximum atomic E-state index is 12.2. The van der Waals surface area contributed by atoms with Crippen LogP contribution in [0.2, 0.25) is 0 Å². The number of hydrogen-bond donors (Lipinski definition) is 1. The Morgan fingerprint density at radius 2 is 1.86 bits per heavy atom. The predicted molar refractivity (Wildman–Crippen MR) is 83.3 cm³/mol. The summed E-state index contributed by atoms with van der Waals surface area (Å²) in [6.07, 6.45) is -0.395. The van der Waals surface area contributed by atoms with Crippen molar-refractivity contribution in [3.05, 3.63) is 29.8 Å². The van der Waals surface area contributed by atoms with Crippen molar-refractivity contribution >= 4 is 16.1 Å². The lowest BCUT2D eigenvalue weighted by molar-refractivity contribution is 0.159. The first kappa shape index (κ1) is 16.8. The molecule has 2 rings (SSSR count). The average Bonchev–Trinajstić information content (AvgIpc) is 2.83. The van der Waals surface area contributed by atoms with Gasteiger partial charge in [-0.3, -0.25) is 0 Å². The molecule has 1 aliphatic heterocycles. The molecule has 0 atom stereocenters. The van der Waals surface area contributed by atoms with Gasteiger partial charge in [-0.25, -0.2) is 17.9 Å². The topological polar surface area (TPSA) is 75.7 Å². The third-order valence-corrected chi connectivity index (χ3v) is 5.03. The number of cyclic esters (lactones) is 1. The quantitative estimate of drug-likeness (QED) is 0.894. The van der Waals surface area contributed by atoms with Crippen molar-refractivity contribution in [2.24, 2.45) is 0 Å². The summed E-state index contributed by atoms with van der Waals surface area (Å²) in [6.45, 7) is 7.55. The number of amides is 1. The molecule has 0 aliphatic carbocycles. The van der Waals surface area contributed by atoms with E-state index in [-0.39, 0.29) is 16.9 Å². The van der Waals surface area contributed by atoms with Gasteiger partial charge in [0.05, 0.1) is 11.4 Å². The molecular formula is C15H22N2O4S. The van der Waals surface area contributed by atoms with E-state index in [0.29, 0.717) is 19.7 Å². The van der Waals surface area contributed by atoms with Gasteiger partial charge < -0.3 is 9.64 Å². The van der Waals surface area contributed by atoms with Crippen molar-refractivity contribution in [1.29, 1.82) is 0 Å². The van der Waals surface area contributed by atoms with Crippen molar-refractivity contribution in [2.75, 3.05) is 26.2 Å². The molecule has 1 amide bonds. The third-order valence-electron chi connectivity index (χ3n) is 3.55. The van der Waals surface area contributed by atoms with Crippen molar-refractivity contribution in [1.82, 2.24) is 9.62 Å². The van der Waals surface area contributed by atoms with E-state index in [0.717, 1.165) is 5.56 Å². The van der Waals surface area contributed by atoms with Crippen LogP contribution in [0.25, 0.3) is 0 Å². The minimum Gasteiger partial charge on any atom is -0.448 e. The van der Waals surface area contributed by atoms with E-state index in [9.17, 15) is 13.2 Å². The number of ether oxygens (including phenoxy) is 1. The van der Waals surface area contributed by atoms with Crippen LogP contribution in [0.15, 0.2) is 29.2 Å². The highest BCUT2D eigenvalue weighted by Crippen LogP contribution is 2.23. The lowest BCUT2D eigenvalue weighted by Crippen LogP contribution is -2.35. The highest BCUT2D eigenvalue weighted by Gasteiger charge is 2.22. The number of sulfonamides is 1. The molecule has 1 N–H and O–H groups in total. The molecule has 1 aliphatic rings. The van der Waals surface area contributed by atoms with E-state index in [4.69, 9.17) is 4.74 Å². The summed E-state index contributed by atoms with van der Waals surface area (Å²) in [7, 11) is -3.56. The Morgan fingerprint density at radius 1 is 1.23 bits per heavy atom. The Bertz CT molecular complexity index is 633. The lowest BCUT2D eigenvalue weighted by Gasteiger charge is -2.19. The van der Waals surface area contributed by atoms with E-state index in [1.165, 1.54) is 4.90 Å². The zero-order valence-electron chi connectivity index (χ0n) is 13.1. The zero-order chi connectivity index (χ0) is 16.4. The summed E-state index contributed by atoms with van der Waals surface area (Å²) in [5, 5.41) is 0. The Hall–Kier alpha value is -1.60. The van der Waals surface area contributed by atoms with E-state index in [1.807, 2.05) is 12.1 Å². The molecule has 7 heteroatoms. The molecule has 0 unspecified atom stereocenters. The largest absolute Gasteiger partial charge is 0.448 e. The van der Waals surface area contributed by atoms with Crippen LogP contribution in [-0.2, 0) is 20.2 Å². The fourth-order valence-corrected chi connectivity index (χ4v) is 3.18. The number of hydrogen-bond acceptors (Lipinski definition) is 4. The molecule has 1 aromatic rings. The Morgan fingerprint density at radius 3 is 2.36 bits per heavy atom. The first-order valence-electron chi connectivity index (χ1n) is 7.22. The van der Waals surface area contributed by atoms with E-state index < -0.39 is 16.1 Å². The standard InChI is InChI=1S/C15H22N2O4S/c1-15(2,3)12-4-6-13(7-5-12)22(19,20)16-8-9-17-10-11-21-14(17)18/h4-7,16H,8-11H2,1-3H3. The minimum absolute atomic E-state index is 0.0220. The van der Waals surface area contributed by atoms with E-state index in [1.54, 1.807) is 12.1 Å². The van der Waals surface area contributed by atoms with Crippen LogP contribution in [-0.4, -0.2) is 45.7 Å². The molecule has 0 aromatic heterocycles. The van der Waals surface area contributed by atoms with Gasteiger partial charge in [0.1, 0.15) is 6.61 Å². The molecular weight excluding hydrogens is 304 g/mol. The molecule has 1 saturated heterocycles. The first-order chi connectivity index (χ1) is 10.2. The lowest BCUT2D eigenvalue weighted by atomic mass is 9.87. The van der Waals surface area contributed by atoms with Gasteiger partial charge in [-0.15, -0.1) is 0 Å². The number of carbonyl (C=O) groups excluding carboxylic acids is 1. The Labute approximate surface area is 131 Å². The van der Waals surface area contributed by atoms with Crippen molar-refractivity contribution in [2.45, 2.75) is 31.1 Å². The maximum absolute atomic E-state index is 12.2. The van der Waals surface area contributed by atoms with Gasteiger partial charge in [0, 0.05) is 13.1 Å². The second-order valence-corrected chi connectivity index (χ2v) is 8.04. The second-order valence-electron chi connectivity index (χ2n) is 6.27. The number of nitrogens with zero attached hydrogens (tertiary/aromatic N) is 1. The predicted octanol–water partition coefficient (Wildman–Crippen LogP) is 1.71. The monoisotopic (exact) mass is 326 g/mol. The van der Waals surface area contributed by atoms with Gasteiger partial charge in [0.2, 0.25) is 10.0 Å². The molecule has 0 saturated carbocycles. The van der Waals surface area contributed by atoms with Gasteiger partial charge in [0.25, 0.3) is 0 Å². The summed E-state index contributed by atoms with van der Waals surface area (Å²) in [5.74, 6) is 0. The van der Waals surface area contributed by atoms with Crippen molar-refractivity contribution in [3.8, 4) is 0 Å².